The van der Waals surface area contributed by atoms with Crippen molar-refractivity contribution in [2.75, 3.05) is 0 Å². The lowest BCUT2D eigenvalue weighted by molar-refractivity contribution is -0.142. The van der Waals surface area contributed by atoms with Gasteiger partial charge in [-0.05, 0) is 30.4 Å². The molecule has 0 bridgehead atoms. The largest absolute Gasteiger partial charge is 0.481 e. The summed E-state index contributed by atoms with van der Waals surface area (Å²) in [5.41, 5.74) is 1.08. The third-order valence-corrected chi connectivity index (χ3v) is 3.45. The molecule has 0 aliphatic heterocycles. The summed E-state index contributed by atoms with van der Waals surface area (Å²) in [6.45, 7) is 0. The normalized spacial score (nSPS) is 26.0. The van der Waals surface area contributed by atoms with E-state index < -0.39 is 5.97 Å². The van der Waals surface area contributed by atoms with Crippen LogP contribution in [0.1, 0.15) is 43.6 Å². The Labute approximate surface area is 95.5 Å². The van der Waals surface area contributed by atoms with Crippen LogP contribution in [0.2, 0.25) is 0 Å². The van der Waals surface area contributed by atoms with Crippen molar-refractivity contribution in [2.24, 2.45) is 5.92 Å². The Bertz CT molecular complexity index is 350. The fraction of sp³-hybridized carbons (Fsp3) is 0.538. The number of aromatic nitrogens is 1. The first-order valence-corrected chi connectivity index (χ1v) is 5.92. The second-order valence-electron chi connectivity index (χ2n) is 4.48. The van der Waals surface area contributed by atoms with Gasteiger partial charge in [-0.2, -0.15) is 0 Å². The number of hydrogen-bond acceptors (Lipinski definition) is 2. The first kappa shape index (κ1) is 11.1. The number of carboxylic acids is 1. The summed E-state index contributed by atoms with van der Waals surface area (Å²) >= 11 is 0. The fourth-order valence-corrected chi connectivity index (χ4v) is 2.60. The minimum absolute atomic E-state index is 0.147. The van der Waals surface area contributed by atoms with Crippen LogP contribution in [0.15, 0.2) is 24.5 Å². The summed E-state index contributed by atoms with van der Waals surface area (Å²) in [5.74, 6) is -0.740. The maximum Gasteiger partial charge on any atom is 0.307 e. The molecule has 1 heterocycles. The van der Waals surface area contributed by atoms with Gasteiger partial charge in [-0.3, -0.25) is 9.78 Å². The smallest absolute Gasteiger partial charge is 0.307 e. The van der Waals surface area contributed by atoms with E-state index in [0.717, 1.165) is 37.7 Å². The van der Waals surface area contributed by atoms with E-state index in [1.54, 1.807) is 6.20 Å². The van der Waals surface area contributed by atoms with Gasteiger partial charge in [0, 0.05) is 12.4 Å². The van der Waals surface area contributed by atoms with Crippen LogP contribution in [0, 0.1) is 5.92 Å². The number of carbonyl (C=O) groups is 1. The molecule has 2 rings (SSSR count). The number of pyridine rings is 1. The third-order valence-electron chi connectivity index (χ3n) is 3.45. The van der Waals surface area contributed by atoms with Gasteiger partial charge < -0.3 is 5.11 Å². The van der Waals surface area contributed by atoms with Crippen LogP contribution in [0.3, 0.4) is 0 Å². The van der Waals surface area contributed by atoms with Crippen LogP contribution in [0.5, 0.6) is 0 Å². The molecule has 0 aromatic carbocycles. The Kier molecular flexibility index (Phi) is 3.54. The first-order chi connectivity index (χ1) is 7.79. The van der Waals surface area contributed by atoms with Crippen molar-refractivity contribution in [1.29, 1.82) is 0 Å². The minimum Gasteiger partial charge on any atom is -0.481 e. The molecule has 1 aliphatic rings. The van der Waals surface area contributed by atoms with Crippen molar-refractivity contribution in [3.8, 4) is 0 Å². The molecule has 0 saturated heterocycles. The zero-order valence-corrected chi connectivity index (χ0v) is 9.30. The monoisotopic (exact) mass is 219 g/mol. The van der Waals surface area contributed by atoms with Crippen LogP contribution in [-0.2, 0) is 4.79 Å². The molecule has 1 aromatic rings. The topological polar surface area (TPSA) is 50.2 Å². The molecular formula is C13H17NO2. The second-order valence-corrected chi connectivity index (χ2v) is 4.48. The fourth-order valence-electron chi connectivity index (χ4n) is 2.60. The molecule has 1 aromatic heterocycles. The SMILES string of the molecule is O=C(O)C1CCCCCC1c1cccnc1. The van der Waals surface area contributed by atoms with Crippen molar-refractivity contribution < 1.29 is 9.90 Å². The van der Waals surface area contributed by atoms with Crippen molar-refractivity contribution in [1.82, 2.24) is 4.98 Å². The van der Waals surface area contributed by atoms with Crippen LogP contribution >= 0.6 is 0 Å². The van der Waals surface area contributed by atoms with E-state index >= 15 is 0 Å². The maximum atomic E-state index is 11.3. The minimum atomic E-state index is -0.657. The standard InChI is InChI=1S/C13H17NO2/c15-13(16)12-7-3-1-2-6-11(12)10-5-4-8-14-9-10/h4-5,8-9,11-12H,1-3,6-7H2,(H,15,16). The lowest BCUT2D eigenvalue weighted by Gasteiger charge is -2.21. The van der Waals surface area contributed by atoms with E-state index in [1.807, 2.05) is 18.3 Å². The van der Waals surface area contributed by atoms with Crippen molar-refractivity contribution in [3.63, 3.8) is 0 Å². The number of aliphatic carboxylic acids is 1. The highest BCUT2D eigenvalue weighted by atomic mass is 16.4. The summed E-state index contributed by atoms with van der Waals surface area (Å²) in [4.78, 5) is 15.4. The molecule has 1 saturated carbocycles. The molecule has 86 valence electrons. The Balaban J connectivity index is 2.24. The molecule has 0 spiro atoms. The van der Waals surface area contributed by atoms with Gasteiger partial charge in [-0.25, -0.2) is 0 Å². The number of carboxylic acid groups (broad SMARTS) is 1. The van der Waals surface area contributed by atoms with E-state index in [9.17, 15) is 9.90 Å². The summed E-state index contributed by atoms with van der Waals surface area (Å²) in [7, 11) is 0. The first-order valence-electron chi connectivity index (χ1n) is 5.92. The average Bonchev–Trinajstić information content (AvgIpc) is 2.55. The van der Waals surface area contributed by atoms with E-state index in [-0.39, 0.29) is 11.8 Å². The maximum absolute atomic E-state index is 11.3. The summed E-state index contributed by atoms with van der Waals surface area (Å²) in [6.07, 6.45) is 8.64. The molecule has 3 nitrogen and oxygen atoms in total. The molecule has 16 heavy (non-hydrogen) atoms. The zero-order valence-electron chi connectivity index (χ0n) is 9.30. The number of nitrogens with zero attached hydrogens (tertiary/aromatic N) is 1. The Hall–Kier alpha value is -1.38. The lowest BCUT2D eigenvalue weighted by atomic mass is 9.83. The van der Waals surface area contributed by atoms with Crippen LogP contribution in [0.4, 0.5) is 0 Å². The molecule has 1 aliphatic carbocycles. The van der Waals surface area contributed by atoms with Gasteiger partial charge >= 0.3 is 5.97 Å². The van der Waals surface area contributed by atoms with E-state index in [1.165, 1.54) is 0 Å². The molecule has 0 amide bonds. The summed E-state index contributed by atoms with van der Waals surface area (Å²) < 4.78 is 0. The highest BCUT2D eigenvalue weighted by Gasteiger charge is 2.30. The summed E-state index contributed by atoms with van der Waals surface area (Å²) in [5, 5.41) is 9.27. The van der Waals surface area contributed by atoms with Gasteiger partial charge in [-0.1, -0.05) is 25.3 Å². The van der Waals surface area contributed by atoms with Gasteiger partial charge in [0.25, 0.3) is 0 Å². The van der Waals surface area contributed by atoms with Crippen molar-refractivity contribution >= 4 is 5.97 Å². The molecule has 1 N–H and O–H groups in total. The van der Waals surface area contributed by atoms with E-state index in [0.29, 0.717) is 0 Å². The van der Waals surface area contributed by atoms with Gasteiger partial charge in [0.1, 0.15) is 0 Å². The number of rotatable bonds is 2. The van der Waals surface area contributed by atoms with Gasteiger partial charge in [0.2, 0.25) is 0 Å². The van der Waals surface area contributed by atoms with Crippen LogP contribution < -0.4 is 0 Å². The second kappa shape index (κ2) is 5.10. The number of hydrogen-bond donors (Lipinski definition) is 1. The summed E-state index contributed by atoms with van der Waals surface area (Å²) in [6, 6.07) is 3.89. The third kappa shape index (κ3) is 2.40. The van der Waals surface area contributed by atoms with Crippen LogP contribution in [0.25, 0.3) is 0 Å². The average molecular weight is 219 g/mol. The van der Waals surface area contributed by atoms with Gasteiger partial charge in [0.15, 0.2) is 0 Å². The van der Waals surface area contributed by atoms with Crippen molar-refractivity contribution in [3.05, 3.63) is 30.1 Å². The molecule has 2 unspecified atom stereocenters. The van der Waals surface area contributed by atoms with E-state index in [4.69, 9.17) is 0 Å². The highest BCUT2D eigenvalue weighted by molar-refractivity contribution is 5.71. The predicted octanol–water partition coefficient (Wildman–Crippen LogP) is 2.83. The van der Waals surface area contributed by atoms with Crippen LogP contribution in [-0.4, -0.2) is 16.1 Å². The molecule has 0 radical (unpaired) electrons. The highest BCUT2D eigenvalue weighted by Crippen LogP contribution is 2.36. The van der Waals surface area contributed by atoms with Crippen molar-refractivity contribution in [2.45, 2.75) is 38.0 Å². The molecular weight excluding hydrogens is 202 g/mol. The van der Waals surface area contributed by atoms with Gasteiger partial charge in [-0.15, -0.1) is 0 Å². The predicted molar refractivity (Wildman–Crippen MR) is 61.2 cm³/mol. The van der Waals surface area contributed by atoms with E-state index in [2.05, 4.69) is 4.98 Å². The Morgan fingerprint density at radius 3 is 2.81 bits per heavy atom. The lowest BCUT2D eigenvalue weighted by Crippen LogP contribution is -2.21. The Morgan fingerprint density at radius 1 is 1.31 bits per heavy atom. The molecule has 2 atom stereocenters. The quantitative estimate of drug-likeness (QED) is 0.778. The molecule has 1 fully saturated rings. The van der Waals surface area contributed by atoms with Gasteiger partial charge in [0.05, 0.1) is 5.92 Å². The zero-order chi connectivity index (χ0) is 11.4. The Morgan fingerprint density at radius 2 is 2.12 bits per heavy atom. The molecule has 3 heteroatoms.